The fourth-order valence-electron chi connectivity index (χ4n) is 4.81. The molecule has 29 heavy (non-hydrogen) atoms. The van der Waals surface area contributed by atoms with Crippen LogP contribution in [0.2, 0.25) is 0 Å². The van der Waals surface area contributed by atoms with Crippen molar-refractivity contribution in [3.63, 3.8) is 0 Å². The van der Waals surface area contributed by atoms with Crippen LogP contribution in [0.1, 0.15) is 12.8 Å². The molecule has 1 aromatic heterocycles. The Hall–Kier alpha value is -2.73. The number of hydrogen-bond acceptors (Lipinski definition) is 5. The minimum atomic E-state index is 0.0298. The Bertz CT molecular complexity index is 993. The van der Waals surface area contributed by atoms with E-state index in [1.807, 2.05) is 37.4 Å². The second-order valence-corrected chi connectivity index (χ2v) is 8.01. The number of imidazole rings is 1. The summed E-state index contributed by atoms with van der Waals surface area (Å²) in [6, 6.07) is 16.5. The van der Waals surface area contributed by atoms with Gasteiger partial charge in [-0.15, -0.1) is 0 Å². The molecule has 0 amide bonds. The Morgan fingerprint density at radius 3 is 2.52 bits per heavy atom. The SMILES string of the molecule is CNC(C1CCN(c2nc3ccccc3n2C)CC1)C1COc2ccccc2O1. The summed E-state index contributed by atoms with van der Waals surface area (Å²) in [5.41, 5.74) is 2.25. The van der Waals surface area contributed by atoms with E-state index in [-0.39, 0.29) is 12.1 Å². The van der Waals surface area contributed by atoms with E-state index in [1.54, 1.807) is 0 Å². The van der Waals surface area contributed by atoms with Crippen molar-refractivity contribution >= 4 is 17.0 Å². The Morgan fingerprint density at radius 1 is 1.03 bits per heavy atom. The monoisotopic (exact) mass is 392 g/mol. The smallest absolute Gasteiger partial charge is 0.206 e. The van der Waals surface area contributed by atoms with E-state index in [1.165, 1.54) is 5.52 Å². The van der Waals surface area contributed by atoms with E-state index in [9.17, 15) is 0 Å². The Balaban J connectivity index is 1.27. The van der Waals surface area contributed by atoms with Gasteiger partial charge in [0.1, 0.15) is 12.7 Å². The van der Waals surface area contributed by atoms with E-state index < -0.39 is 0 Å². The van der Waals surface area contributed by atoms with Gasteiger partial charge in [0, 0.05) is 20.1 Å². The molecule has 0 spiro atoms. The molecule has 3 aromatic rings. The van der Waals surface area contributed by atoms with Crippen molar-refractivity contribution in [1.82, 2.24) is 14.9 Å². The first-order valence-corrected chi connectivity index (χ1v) is 10.5. The predicted molar refractivity (Wildman–Crippen MR) is 115 cm³/mol. The number of rotatable bonds is 4. The highest BCUT2D eigenvalue weighted by atomic mass is 16.6. The van der Waals surface area contributed by atoms with Crippen molar-refractivity contribution in [1.29, 1.82) is 0 Å². The fourth-order valence-corrected chi connectivity index (χ4v) is 4.81. The number of fused-ring (bicyclic) bond motifs is 2. The van der Waals surface area contributed by atoms with E-state index >= 15 is 0 Å². The lowest BCUT2D eigenvalue weighted by atomic mass is 9.86. The second kappa shape index (κ2) is 7.59. The number of hydrogen-bond donors (Lipinski definition) is 1. The van der Waals surface area contributed by atoms with Gasteiger partial charge in [-0.25, -0.2) is 4.98 Å². The quantitative estimate of drug-likeness (QED) is 0.739. The van der Waals surface area contributed by atoms with Gasteiger partial charge in [0.15, 0.2) is 11.5 Å². The summed E-state index contributed by atoms with van der Waals surface area (Å²) in [4.78, 5) is 7.28. The first kappa shape index (κ1) is 18.3. The van der Waals surface area contributed by atoms with E-state index in [2.05, 4.69) is 40.0 Å². The molecule has 3 heterocycles. The zero-order valence-electron chi connectivity index (χ0n) is 17.0. The first-order valence-electron chi connectivity index (χ1n) is 10.5. The maximum absolute atomic E-state index is 6.29. The number of aromatic nitrogens is 2. The minimum Gasteiger partial charge on any atom is -0.486 e. The normalized spacial score (nSPS) is 20.8. The summed E-state index contributed by atoms with van der Waals surface area (Å²) in [6.45, 7) is 2.60. The van der Waals surface area contributed by atoms with E-state index in [0.717, 1.165) is 48.9 Å². The second-order valence-electron chi connectivity index (χ2n) is 8.01. The molecule has 2 atom stereocenters. The van der Waals surface area contributed by atoms with Gasteiger partial charge >= 0.3 is 0 Å². The van der Waals surface area contributed by atoms with Gasteiger partial charge in [-0.1, -0.05) is 24.3 Å². The number of aryl methyl sites for hydroxylation is 1. The number of anilines is 1. The van der Waals surface area contributed by atoms with Crippen molar-refractivity contribution in [3.8, 4) is 11.5 Å². The van der Waals surface area contributed by atoms with Crippen molar-refractivity contribution in [2.24, 2.45) is 13.0 Å². The number of likely N-dealkylation sites (N-methyl/N-ethyl adjacent to an activating group) is 1. The van der Waals surface area contributed by atoms with Gasteiger partial charge in [0.2, 0.25) is 5.95 Å². The number of nitrogens with one attached hydrogen (secondary N) is 1. The highest BCUT2D eigenvalue weighted by Crippen LogP contribution is 2.34. The molecule has 2 unspecified atom stereocenters. The third-order valence-electron chi connectivity index (χ3n) is 6.36. The molecule has 2 aliphatic rings. The predicted octanol–water partition coefficient (Wildman–Crippen LogP) is 3.22. The van der Waals surface area contributed by atoms with Crippen molar-refractivity contribution < 1.29 is 9.47 Å². The number of nitrogens with zero attached hydrogens (tertiary/aromatic N) is 3. The number of piperidine rings is 1. The maximum Gasteiger partial charge on any atom is 0.206 e. The maximum atomic E-state index is 6.29. The van der Waals surface area contributed by atoms with Crippen LogP contribution in [-0.2, 0) is 7.05 Å². The topological polar surface area (TPSA) is 51.6 Å². The van der Waals surface area contributed by atoms with Crippen molar-refractivity contribution in [2.45, 2.75) is 25.0 Å². The van der Waals surface area contributed by atoms with Gasteiger partial charge in [-0.3, -0.25) is 0 Å². The lowest BCUT2D eigenvalue weighted by Gasteiger charge is -2.40. The minimum absolute atomic E-state index is 0.0298. The standard InChI is InChI=1S/C23H28N4O2/c1-24-22(21-15-28-19-9-5-6-10-20(19)29-21)16-11-13-27(14-12-16)23-25-17-7-3-4-8-18(17)26(23)2/h3-10,16,21-22,24H,11-15H2,1-2H3. The molecule has 1 fully saturated rings. The van der Waals surface area contributed by atoms with Crippen LogP contribution in [-0.4, -0.2) is 48.4 Å². The fraction of sp³-hybridized carbons (Fsp3) is 0.435. The summed E-state index contributed by atoms with van der Waals surface area (Å²) in [5, 5.41) is 3.52. The third-order valence-corrected chi connectivity index (χ3v) is 6.36. The number of benzene rings is 2. The van der Waals surface area contributed by atoms with Crippen molar-refractivity contribution in [3.05, 3.63) is 48.5 Å². The Kier molecular flexibility index (Phi) is 4.79. The summed E-state index contributed by atoms with van der Waals surface area (Å²) < 4.78 is 14.5. The largest absolute Gasteiger partial charge is 0.486 e. The molecule has 0 radical (unpaired) electrons. The lowest BCUT2D eigenvalue weighted by Crippen LogP contribution is -2.53. The highest BCUT2D eigenvalue weighted by molar-refractivity contribution is 5.78. The van der Waals surface area contributed by atoms with Crippen molar-refractivity contribution in [2.75, 3.05) is 31.6 Å². The zero-order valence-corrected chi connectivity index (χ0v) is 17.0. The van der Waals surface area contributed by atoms with Crippen LogP contribution in [0.15, 0.2) is 48.5 Å². The van der Waals surface area contributed by atoms with Crippen LogP contribution in [0.3, 0.4) is 0 Å². The summed E-state index contributed by atoms with van der Waals surface area (Å²) in [7, 11) is 4.14. The molecule has 5 rings (SSSR count). The molecular weight excluding hydrogens is 364 g/mol. The molecule has 0 bridgehead atoms. The van der Waals surface area contributed by atoms with Crippen LogP contribution in [0.25, 0.3) is 11.0 Å². The van der Waals surface area contributed by atoms with Crippen LogP contribution in [0.5, 0.6) is 11.5 Å². The van der Waals surface area contributed by atoms with Gasteiger partial charge in [-0.2, -0.15) is 0 Å². The highest BCUT2D eigenvalue weighted by Gasteiger charge is 2.36. The molecule has 2 aromatic carbocycles. The molecule has 2 aliphatic heterocycles. The van der Waals surface area contributed by atoms with Gasteiger partial charge in [0.25, 0.3) is 0 Å². The van der Waals surface area contributed by atoms with E-state index in [0.29, 0.717) is 12.5 Å². The summed E-state index contributed by atoms with van der Waals surface area (Å²) >= 11 is 0. The van der Waals surface area contributed by atoms with Gasteiger partial charge < -0.3 is 24.3 Å². The molecular formula is C23H28N4O2. The number of para-hydroxylation sites is 4. The Morgan fingerprint density at radius 2 is 1.76 bits per heavy atom. The van der Waals surface area contributed by atoms with Crippen LogP contribution in [0.4, 0.5) is 5.95 Å². The van der Waals surface area contributed by atoms with Crippen LogP contribution >= 0.6 is 0 Å². The molecule has 1 saturated heterocycles. The molecule has 1 N–H and O–H groups in total. The number of ether oxygens (including phenoxy) is 2. The van der Waals surface area contributed by atoms with Gasteiger partial charge in [0.05, 0.1) is 17.1 Å². The van der Waals surface area contributed by atoms with Gasteiger partial charge in [-0.05, 0) is 50.1 Å². The summed E-state index contributed by atoms with van der Waals surface area (Å²) in [6.07, 6.45) is 2.24. The zero-order chi connectivity index (χ0) is 19.8. The molecule has 0 saturated carbocycles. The average molecular weight is 393 g/mol. The third kappa shape index (κ3) is 3.31. The van der Waals surface area contributed by atoms with E-state index in [4.69, 9.17) is 14.5 Å². The molecule has 6 heteroatoms. The molecule has 0 aliphatic carbocycles. The first-order chi connectivity index (χ1) is 14.2. The summed E-state index contributed by atoms with van der Waals surface area (Å²) in [5.74, 6) is 3.30. The average Bonchev–Trinajstić information content (AvgIpc) is 3.11. The molecule has 6 nitrogen and oxygen atoms in total. The lowest BCUT2D eigenvalue weighted by molar-refractivity contribution is 0.0416. The van der Waals surface area contributed by atoms with Crippen LogP contribution in [0, 0.1) is 5.92 Å². The van der Waals surface area contributed by atoms with Crippen LogP contribution < -0.4 is 19.7 Å². The molecule has 152 valence electrons. The Labute approximate surface area is 171 Å².